The Bertz CT molecular complexity index is 2380. The van der Waals surface area contributed by atoms with Crippen molar-refractivity contribution in [2.75, 3.05) is 0 Å². The number of hydrogen-bond donors (Lipinski definition) is 0. The molecule has 0 spiro atoms. The fraction of sp³-hybridized carbons (Fsp3) is 0.111. The predicted molar refractivity (Wildman–Crippen MR) is 267 cm³/mol. The van der Waals surface area contributed by atoms with E-state index in [2.05, 4.69) is 258 Å². The summed E-state index contributed by atoms with van der Waals surface area (Å²) >= 11 is 0. The molecule has 0 aliphatic heterocycles. The van der Waals surface area contributed by atoms with Crippen LogP contribution >= 0.6 is 0 Å². The van der Waals surface area contributed by atoms with Gasteiger partial charge in [-0.3, -0.25) is 9.15 Å². The Balaban J connectivity index is 1.52. The molecule has 0 amide bonds. The van der Waals surface area contributed by atoms with Crippen LogP contribution in [0.15, 0.2) is 218 Å². The lowest BCUT2D eigenvalue weighted by Gasteiger charge is -2.40. The minimum atomic E-state index is -3.57. The van der Waals surface area contributed by atoms with Crippen molar-refractivity contribution in [3.63, 3.8) is 0 Å². The Kier molecular flexibility index (Phi) is 11.9. The van der Waals surface area contributed by atoms with Crippen LogP contribution in [0.3, 0.4) is 0 Å². The minimum absolute atomic E-state index is 1.13. The molecule has 0 aliphatic carbocycles. The summed E-state index contributed by atoms with van der Waals surface area (Å²) in [6.45, 7) is 14.7. The van der Waals surface area contributed by atoms with Gasteiger partial charge < -0.3 is 0 Å². The fourth-order valence-electron chi connectivity index (χ4n) is 8.83. The van der Waals surface area contributed by atoms with Gasteiger partial charge in [-0.15, -0.1) is 0 Å². The molecule has 8 aromatic rings. The highest BCUT2D eigenvalue weighted by Crippen LogP contribution is 2.27. The standard InChI is InChI=1S/C54H54O2Si4/c1-57(2,3)49-39-25-41-51(53(49)43-27-13-7-14-28-43)59(45-31-17-9-18-32-45,46-33-19-10-20-34-46)55-56-60(47-35-21-11-22-36-47,48-37-23-12-24-38-48)52-42-26-40-50(58(4,5)6)54(52)44-29-15-8-16-30-44/h7-42H,1-6H3. The van der Waals surface area contributed by atoms with Crippen molar-refractivity contribution in [2.24, 2.45) is 0 Å². The monoisotopic (exact) mass is 846 g/mol. The molecule has 0 fully saturated rings. The second-order valence-electron chi connectivity index (χ2n) is 17.7. The Morgan fingerprint density at radius 1 is 0.250 bits per heavy atom. The first-order chi connectivity index (χ1) is 29.0. The van der Waals surface area contributed by atoms with Gasteiger partial charge in [0.1, 0.15) is 0 Å². The molecule has 0 heterocycles. The Hall–Kier alpha value is -5.45. The van der Waals surface area contributed by atoms with Crippen LogP contribution in [0.2, 0.25) is 39.3 Å². The summed E-state index contributed by atoms with van der Waals surface area (Å²) in [4.78, 5) is 0. The third-order valence-corrected chi connectivity index (χ3v) is 23.5. The van der Waals surface area contributed by atoms with Crippen molar-refractivity contribution in [2.45, 2.75) is 39.3 Å². The summed E-state index contributed by atoms with van der Waals surface area (Å²) in [6.07, 6.45) is 0. The van der Waals surface area contributed by atoms with Crippen LogP contribution in [-0.4, -0.2) is 32.8 Å². The Morgan fingerprint density at radius 2 is 0.483 bits per heavy atom. The third kappa shape index (κ3) is 7.83. The molecule has 298 valence electrons. The van der Waals surface area contributed by atoms with E-state index in [1.165, 1.54) is 43.0 Å². The summed E-state index contributed by atoms with van der Waals surface area (Å²) in [5, 5.41) is 9.70. The zero-order valence-corrected chi connectivity index (χ0v) is 39.6. The molecule has 0 atom stereocenters. The second kappa shape index (κ2) is 17.3. The number of hydrogen-bond acceptors (Lipinski definition) is 2. The van der Waals surface area contributed by atoms with E-state index in [9.17, 15) is 0 Å². The van der Waals surface area contributed by atoms with Crippen LogP contribution in [0, 0.1) is 0 Å². The lowest BCUT2D eigenvalue weighted by Crippen LogP contribution is -2.76. The molecule has 0 N–H and O–H groups in total. The van der Waals surface area contributed by atoms with Crippen LogP contribution in [0.25, 0.3) is 22.3 Å². The van der Waals surface area contributed by atoms with Crippen LogP contribution < -0.4 is 41.5 Å². The van der Waals surface area contributed by atoms with Crippen LogP contribution in [0.5, 0.6) is 0 Å². The van der Waals surface area contributed by atoms with Crippen molar-refractivity contribution in [1.82, 2.24) is 0 Å². The fourth-order valence-corrected chi connectivity index (χ4v) is 20.4. The quantitative estimate of drug-likeness (QED) is 0.0501. The highest BCUT2D eigenvalue weighted by Gasteiger charge is 2.52. The Morgan fingerprint density at radius 3 is 0.733 bits per heavy atom. The van der Waals surface area contributed by atoms with Gasteiger partial charge in [-0.05, 0) is 53.4 Å². The largest absolute Gasteiger partial charge is 0.330 e. The molecule has 0 saturated heterocycles. The lowest BCUT2D eigenvalue weighted by atomic mass is 10.1. The zero-order chi connectivity index (χ0) is 41.8. The molecule has 0 aliphatic rings. The van der Waals surface area contributed by atoms with E-state index in [0.717, 1.165) is 20.7 Å². The average molecular weight is 847 g/mol. The van der Waals surface area contributed by atoms with E-state index in [0.29, 0.717) is 0 Å². The van der Waals surface area contributed by atoms with Crippen LogP contribution in [0.4, 0.5) is 0 Å². The molecular weight excluding hydrogens is 793 g/mol. The molecule has 8 rings (SSSR count). The summed E-state index contributed by atoms with van der Waals surface area (Å²) in [5.41, 5.74) is 4.92. The first kappa shape index (κ1) is 41.3. The van der Waals surface area contributed by atoms with Crippen molar-refractivity contribution in [1.29, 1.82) is 0 Å². The van der Waals surface area contributed by atoms with Crippen LogP contribution in [-0.2, 0) is 9.15 Å². The molecule has 0 unspecified atom stereocenters. The molecule has 60 heavy (non-hydrogen) atoms. The molecule has 0 radical (unpaired) electrons. The van der Waals surface area contributed by atoms with Gasteiger partial charge in [0.15, 0.2) is 0 Å². The minimum Gasteiger partial charge on any atom is -0.279 e. The van der Waals surface area contributed by atoms with E-state index < -0.39 is 32.8 Å². The maximum Gasteiger partial charge on any atom is 0.330 e. The van der Waals surface area contributed by atoms with Crippen molar-refractivity contribution >= 4 is 74.3 Å². The maximum absolute atomic E-state index is 7.99. The number of benzene rings is 8. The van der Waals surface area contributed by atoms with E-state index in [-0.39, 0.29) is 0 Å². The van der Waals surface area contributed by atoms with Crippen LogP contribution in [0.1, 0.15) is 0 Å². The normalized spacial score (nSPS) is 12.3. The zero-order valence-electron chi connectivity index (χ0n) is 35.6. The maximum atomic E-state index is 7.99. The molecule has 2 nitrogen and oxygen atoms in total. The van der Waals surface area contributed by atoms with Gasteiger partial charge in [-0.2, -0.15) is 0 Å². The number of rotatable bonds is 13. The molecule has 0 saturated carbocycles. The highest BCUT2D eigenvalue weighted by atomic mass is 28.4. The second-order valence-corrected chi connectivity index (χ2v) is 34.2. The van der Waals surface area contributed by atoms with Gasteiger partial charge in [-0.25, -0.2) is 0 Å². The van der Waals surface area contributed by atoms with Gasteiger partial charge in [0.2, 0.25) is 0 Å². The van der Waals surface area contributed by atoms with Gasteiger partial charge >= 0.3 is 16.6 Å². The smallest absolute Gasteiger partial charge is 0.279 e. The van der Waals surface area contributed by atoms with Gasteiger partial charge in [0, 0.05) is 0 Å². The first-order valence-corrected chi connectivity index (χ1v) is 31.8. The van der Waals surface area contributed by atoms with Gasteiger partial charge in [-0.1, -0.05) is 268 Å². The summed E-state index contributed by atoms with van der Waals surface area (Å²) in [7, 11) is -11.0. The van der Waals surface area contributed by atoms with E-state index in [1.54, 1.807) is 0 Å². The molecular formula is C54H54O2Si4. The van der Waals surface area contributed by atoms with Crippen molar-refractivity contribution in [3.8, 4) is 22.3 Å². The summed E-state index contributed by atoms with van der Waals surface area (Å²) in [6, 6.07) is 79.5. The highest BCUT2D eigenvalue weighted by molar-refractivity contribution is 7.10. The topological polar surface area (TPSA) is 18.5 Å². The van der Waals surface area contributed by atoms with E-state index in [1.807, 2.05) is 0 Å². The molecule has 0 aromatic heterocycles. The molecule has 8 aromatic carbocycles. The summed E-state index contributed by atoms with van der Waals surface area (Å²) in [5.74, 6) is 0. The third-order valence-electron chi connectivity index (χ3n) is 11.6. The average Bonchev–Trinajstić information content (AvgIpc) is 3.29. The lowest BCUT2D eigenvalue weighted by molar-refractivity contribution is -0.112. The van der Waals surface area contributed by atoms with Gasteiger partial charge in [0.25, 0.3) is 0 Å². The SMILES string of the molecule is C[Si](C)(C)c1cccc([Si](OO[Si](c2ccccc2)(c2ccccc2)c2cccc([Si](C)(C)C)c2-c2ccccc2)(c2ccccc2)c2ccccc2)c1-c1ccccc1. The van der Waals surface area contributed by atoms with E-state index in [4.69, 9.17) is 9.15 Å². The van der Waals surface area contributed by atoms with Crippen molar-refractivity contribution < 1.29 is 9.15 Å². The Labute approximate surface area is 361 Å². The first-order valence-electron chi connectivity index (χ1n) is 21.0. The predicted octanol–water partition coefficient (Wildman–Crippen LogP) is 8.69. The molecule has 6 heteroatoms. The van der Waals surface area contributed by atoms with E-state index >= 15 is 0 Å². The molecule has 0 bridgehead atoms. The van der Waals surface area contributed by atoms with Crippen molar-refractivity contribution in [3.05, 3.63) is 218 Å². The van der Waals surface area contributed by atoms with Gasteiger partial charge in [0.05, 0.1) is 16.1 Å². The summed E-state index contributed by atoms with van der Waals surface area (Å²) < 4.78 is 16.0.